The van der Waals surface area contributed by atoms with E-state index in [2.05, 4.69) is 49.8 Å². The van der Waals surface area contributed by atoms with Crippen LogP contribution < -0.4 is 10.1 Å². The second-order valence-electron chi connectivity index (χ2n) is 5.55. The zero-order valence-electron chi connectivity index (χ0n) is 13.5. The van der Waals surface area contributed by atoms with Crippen LogP contribution in [0.3, 0.4) is 0 Å². The van der Waals surface area contributed by atoms with E-state index in [4.69, 9.17) is 4.74 Å². The molecule has 0 aliphatic rings. The van der Waals surface area contributed by atoms with E-state index in [1.165, 1.54) is 0 Å². The molecule has 1 heterocycles. The second-order valence-corrected chi connectivity index (χ2v) is 5.55. The van der Waals surface area contributed by atoms with Gasteiger partial charge in [-0.1, -0.05) is 6.92 Å². The van der Waals surface area contributed by atoms with E-state index in [0.717, 1.165) is 37.7 Å². The predicted octanol–water partition coefficient (Wildman–Crippen LogP) is 3.40. The van der Waals surface area contributed by atoms with Crippen molar-refractivity contribution in [3.63, 3.8) is 0 Å². The third-order valence-corrected chi connectivity index (χ3v) is 3.22. The molecule has 1 N–H and O–H groups in total. The molecule has 0 bridgehead atoms. The van der Waals surface area contributed by atoms with E-state index in [0.29, 0.717) is 12.1 Å². The van der Waals surface area contributed by atoms with Gasteiger partial charge >= 0.3 is 0 Å². The maximum absolute atomic E-state index is 5.70. The lowest BCUT2D eigenvalue weighted by Crippen LogP contribution is -2.40. The largest absolute Gasteiger partial charge is 0.490 e. The molecule has 0 aliphatic carbocycles. The van der Waals surface area contributed by atoms with Gasteiger partial charge in [0.05, 0.1) is 6.61 Å². The summed E-state index contributed by atoms with van der Waals surface area (Å²) in [6.07, 6.45) is 2.80. The average molecular weight is 279 g/mol. The van der Waals surface area contributed by atoms with Crippen molar-refractivity contribution in [1.29, 1.82) is 0 Å². The molecule has 0 spiro atoms. The Hall–Kier alpha value is -1.29. The zero-order chi connectivity index (χ0) is 15.0. The topological polar surface area (TPSA) is 37.4 Å². The molecule has 4 nitrogen and oxygen atoms in total. The number of hydrogen-bond donors (Lipinski definition) is 1. The van der Waals surface area contributed by atoms with Crippen LogP contribution in [0.15, 0.2) is 18.3 Å². The molecule has 0 amide bonds. The maximum atomic E-state index is 5.70. The highest BCUT2D eigenvalue weighted by atomic mass is 16.5. The first-order chi connectivity index (χ1) is 9.56. The third kappa shape index (κ3) is 5.37. The molecule has 0 saturated heterocycles. The van der Waals surface area contributed by atoms with Crippen LogP contribution in [0.4, 0.5) is 5.82 Å². The fourth-order valence-electron chi connectivity index (χ4n) is 2.27. The lowest BCUT2D eigenvalue weighted by atomic mass is 10.2. The fraction of sp³-hybridized carbons (Fsp3) is 0.688. The molecule has 0 aromatic carbocycles. The van der Waals surface area contributed by atoms with Gasteiger partial charge < -0.3 is 10.1 Å². The number of pyridine rings is 1. The molecule has 0 saturated carbocycles. The lowest BCUT2D eigenvalue weighted by Gasteiger charge is -2.30. The van der Waals surface area contributed by atoms with Gasteiger partial charge in [0, 0.05) is 31.4 Å². The monoisotopic (exact) mass is 279 g/mol. The molecular formula is C16H29N3O. The van der Waals surface area contributed by atoms with Crippen LogP contribution in [0.2, 0.25) is 0 Å². The Labute approximate surface area is 123 Å². The average Bonchev–Trinajstić information content (AvgIpc) is 2.41. The number of ether oxygens (including phenoxy) is 1. The summed E-state index contributed by atoms with van der Waals surface area (Å²) in [5, 5.41) is 3.38. The minimum absolute atomic E-state index is 0.552. The molecule has 4 heteroatoms. The van der Waals surface area contributed by atoms with E-state index in [9.17, 15) is 0 Å². The van der Waals surface area contributed by atoms with Gasteiger partial charge in [0.1, 0.15) is 0 Å². The first-order valence-electron chi connectivity index (χ1n) is 7.63. The third-order valence-electron chi connectivity index (χ3n) is 3.22. The van der Waals surface area contributed by atoms with Crippen LogP contribution in [0, 0.1) is 0 Å². The first-order valence-corrected chi connectivity index (χ1v) is 7.63. The van der Waals surface area contributed by atoms with Crippen LogP contribution in [0.1, 0.15) is 41.0 Å². The summed E-state index contributed by atoms with van der Waals surface area (Å²) in [7, 11) is 0. The van der Waals surface area contributed by atoms with Gasteiger partial charge in [0.15, 0.2) is 11.6 Å². The molecular weight excluding hydrogens is 250 g/mol. The molecule has 1 aromatic heterocycles. The Morgan fingerprint density at radius 3 is 2.55 bits per heavy atom. The minimum Gasteiger partial charge on any atom is -0.490 e. The summed E-state index contributed by atoms with van der Waals surface area (Å²) >= 11 is 0. The summed E-state index contributed by atoms with van der Waals surface area (Å²) in [6.45, 7) is 13.6. The highest BCUT2D eigenvalue weighted by Crippen LogP contribution is 2.20. The van der Waals surface area contributed by atoms with Crippen LogP contribution >= 0.6 is 0 Å². The van der Waals surface area contributed by atoms with Crippen LogP contribution in [0.5, 0.6) is 5.75 Å². The van der Waals surface area contributed by atoms with Crippen LogP contribution in [-0.4, -0.2) is 41.7 Å². The first kappa shape index (κ1) is 16.8. The van der Waals surface area contributed by atoms with Crippen molar-refractivity contribution in [2.24, 2.45) is 0 Å². The van der Waals surface area contributed by atoms with Crippen molar-refractivity contribution in [3.05, 3.63) is 18.3 Å². The second kappa shape index (κ2) is 8.80. The summed E-state index contributed by atoms with van der Waals surface area (Å²) < 4.78 is 5.70. The SMILES string of the molecule is CCCOc1cccnc1NCCN(C(C)C)C(C)C. The maximum Gasteiger partial charge on any atom is 0.168 e. The van der Waals surface area contributed by atoms with E-state index in [1.807, 2.05) is 12.1 Å². The van der Waals surface area contributed by atoms with Gasteiger partial charge in [0.2, 0.25) is 0 Å². The predicted molar refractivity (Wildman–Crippen MR) is 85.5 cm³/mol. The van der Waals surface area contributed by atoms with Gasteiger partial charge in [-0.3, -0.25) is 4.90 Å². The minimum atomic E-state index is 0.552. The molecule has 0 radical (unpaired) electrons. The zero-order valence-corrected chi connectivity index (χ0v) is 13.5. The number of aromatic nitrogens is 1. The van der Waals surface area contributed by atoms with Crippen LogP contribution in [0.25, 0.3) is 0 Å². The fourth-order valence-corrected chi connectivity index (χ4v) is 2.27. The molecule has 0 fully saturated rings. The molecule has 1 aromatic rings. The summed E-state index contributed by atoms with van der Waals surface area (Å²) in [4.78, 5) is 6.82. The van der Waals surface area contributed by atoms with Gasteiger partial charge in [-0.15, -0.1) is 0 Å². The number of hydrogen-bond acceptors (Lipinski definition) is 4. The molecule has 0 aliphatic heterocycles. The van der Waals surface area contributed by atoms with Crippen molar-refractivity contribution in [3.8, 4) is 5.75 Å². The normalized spacial score (nSPS) is 11.4. The smallest absolute Gasteiger partial charge is 0.168 e. The molecule has 20 heavy (non-hydrogen) atoms. The molecule has 0 atom stereocenters. The Morgan fingerprint density at radius 1 is 1.25 bits per heavy atom. The van der Waals surface area contributed by atoms with Crippen molar-refractivity contribution >= 4 is 5.82 Å². The van der Waals surface area contributed by atoms with Crippen molar-refractivity contribution in [1.82, 2.24) is 9.88 Å². The Kier molecular flexibility index (Phi) is 7.37. The Balaban J connectivity index is 2.52. The standard InChI is InChI=1S/C16H29N3O/c1-6-12-20-15-8-7-9-17-16(15)18-10-11-19(13(2)3)14(4)5/h7-9,13-14H,6,10-12H2,1-5H3,(H,17,18). The Morgan fingerprint density at radius 2 is 1.95 bits per heavy atom. The van der Waals surface area contributed by atoms with Gasteiger partial charge in [-0.25, -0.2) is 4.98 Å². The van der Waals surface area contributed by atoms with Crippen LogP contribution in [-0.2, 0) is 0 Å². The van der Waals surface area contributed by atoms with Gasteiger partial charge in [-0.2, -0.15) is 0 Å². The number of nitrogens with zero attached hydrogens (tertiary/aromatic N) is 2. The quantitative estimate of drug-likeness (QED) is 0.752. The molecule has 1 rings (SSSR count). The van der Waals surface area contributed by atoms with E-state index in [1.54, 1.807) is 6.20 Å². The summed E-state index contributed by atoms with van der Waals surface area (Å²) in [5.74, 6) is 1.68. The number of anilines is 1. The van der Waals surface area contributed by atoms with Crippen molar-refractivity contribution in [2.45, 2.75) is 53.1 Å². The highest BCUT2D eigenvalue weighted by molar-refractivity contribution is 5.49. The number of nitrogens with one attached hydrogen (secondary N) is 1. The number of rotatable bonds is 9. The summed E-state index contributed by atoms with van der Waals surface area (Å²) in [5.41, 5.74) is 0. The highest BCUT2D eigenvalue weighted by Gasteiger charge is 2.13. The molecule has 114 valence electrons. The van der Waals surface area contributed by atoms with E-state index in [-0.39, 0.29) is 0 Å². The van der Waals surface area contributed by atoms with Crippen molar-refractivity contribution < 1.29 is 4.74 Å². The van der Waals surface area contributed by atoms with Gasteiger partial charge in [0.25, 0.3) is 0 Å². The van der Waals surface area contributed by atoms with E-state index >= 15 is 0 Å². The molecule has 0 unspecified atom stereocenters. The Bertz CT molecular complexity index is 372. The lowest BCUT2D eigenvalue weighted by molar-refractivity contribution is 0.182. The van der Waals surface area contributed by atoms with E-state index < -0.39 is 0 Å². The summed E-state index contributed by atoms with van der Waals surface area (Å²) in [6, 6.07) is 4.98. The van der Waals surface area contributed by atoms with Gasteiger partial charge in [-0.05, 0) is 46.2 Å². The van der Waals surface area contributed by atoms with Crippen molar-refractivity contribution in [2.75, 3.05) is 25.0 Å².